The van der Waals surface area contributed by atoms with Crippen LogP contribution in [0.4, 0.5) is 5.69 Å². The molecule has 0 aliphatic rings. The Kier molecular flexibility index (Phi) is 6.56. The van der Waals surface area contributed by atoms with Gasteiger partial charge in [-0.15, -0.1) is 0 Å². The maximum Gasteiger partial charge on any atom is 0.262 e. The molecule has 122 valence electrons. The first-order valence-electron chi connectivity index (χ1n) is 7.19. The minimum absolute atomic E-state index is 0.139. The molecular formula is C17H17Cl2NO3. The molecule has 0 spiro atoms. The largest absolute Gasteiger partial charge is 0.493 e. The lowest BCUT2D eigenvalue weighted by Crippen LogP contribution is -2.20. The predicted octanol–water partition coefficient (Wildman–Crippen LogP) is 4.80. The van der Waals surface area contributed by atoms with E-state index in [1.54, 1.807) is 30.3 Å². The maximum absolute atomic E-state index is 11.9. The van der Waals surface area contributed by atoms with E-state index in [4.69, 9.17) is 32.7 Å². The van der Waals surface area contributed by atoms with Crippen LogP contribution in [0.25, 0.3) is 0 Å². The molecule has 4 nitrogen and oxygen atoms in total. The van der Waals surface area contributed by atoms with Gasteiger partial charge in [-0.1, -0.05) is 42.3 Å². The van der Waals surface area contributed by atoms with Crippen LogP contribution in [0.3, 0.4) is 0 Å². The smallest absolute Gasteiger partial charge is 0.262 e. The van der Waals surface area contributed by atoms with Crippen LogP contribution < -0.4 is 14.8 Å². The Morgan fingerprint density at radius 2 is 1.78 bits per heavy atom. The molecule has 23 heavy (non-hydrogen) atoms. The number of benzene rings is 2. The van der Waals surface area contributed by atoms with Crippen molar-refractivity contribution >= 4 is 34.8 Å². The summed E-state index contributed by atoms with van der Waals surface area (Å²) in [4.78, 5) is 11.9. The van der Waals surface area contributed by atoms with Crippen molar-refractivity contribution in [3.63, 3.8) is 0 Å². The third kappa shape index (κ3) is 5.34. The van der Waals surface area contributed by atoms with Crippen LogP contribution in [0.2, 0.25) is 10.0 Å². The Labute approximate surface area is 145 Å². The summed E-state index contributed by atoms with van der Waals surface area (Å²) in [6, 6.07) is 12.2. The average molecular weight is 354 g/mol. The van der Waals surface area contributed by atoms with Gasteiger partial charge in [0.1, 0.15) is 11.5 Å². The first kappa shape index (κ1) is 17.4. The van der Waals surface area contributed by atoms with Gasteiger partial charge in [0.2, 0.25) is 0 Å². The van der Waals surface area contributed by atoms with E-state index in [0.717, 1.165) is 6.42 Å². The minimum Gasteiger partial charge on any atom is -0.493 e. The zero-order valence-electron chi connectivity index (χ0n) is 12.6. The first-order chi connectivity index (χ1) is 11.1. The van der Waals surface area contributed by atoms with E-state index in [1.165, 1.54) is 0 Å². The van der Waals surface area contributed by atoms with Crippen LogP contribution in [-0.4, -0.2) is 19.1 Å². The van der Waals surface area contributed by atoms with E-state index < -0.39 is 0 Å². The second-order valence-electron chi connectivity index (χ2n) is 4.76. The van der Waals surface area contributed by atoms with E-state index in [2.05, 4.69) is 5.32 Å². The van der Waals surface area contributed by atoms with E-state index in [9.17, 15) is 4.79 Å². The SMILES string of the molecule is CCCOc1cccc(OCC(=O)Nc2cccc(Cl)c2Cl)c1. The van der Waals surface area contributed by atoms with Crippen molar-refractivity contribution in [1.82, 2.24) is 0 Å². The standard InChI is InChI=1S/C17H17Cl2NO3/c1-2-9-22-12-5-3-6-13(10-12)23-11-16(21)20-15-8-4-7-14(18)17(15)19/h3-8,10H,2,9,11H2,1H3,(H,20,21). The molecule has 2 aromatic rings. The van der Waals surface area contributed by atoms with Crippen LogP contribution >= 0.6 is 23.2 Å². The molecule has 1 N–H and O–H groups in total. The Hall–Kier alpha value is -1.91. The van der Waals surface area contributed by atoms with Crippen molar-refractivity contribution in [3.05, 3.63) is 52.5 Å². The van der Waals surface area contributed by atoms with Gasteiger partial charge in [-0.05, 0) is 30.7 Å². The fraction of sp³-hybridized carbons (Fsp3) is 0.235. The minimum atomic E-state index is -0.325. The number of hydrogen-bond donors (Lipinski definition) is 1. The van der Waals surface area contributed by atoms with Gasteiger partial charge >= 0.3 is 0 Å². The molecule has 0 aromatic heterocycles. The molecule has 0 heterocycles. The molecule has 0 saturated carbocycles. The van der Waals surface area contributed by atoms with Crippen molar-refractivity contribution in [2.45, 2.75) is 13.3 Å². The van der Waals surface area contributed by atoms with Crippen molar-refractivity contribution in [2.75, 3.05) is 18.5 Å². The van der Waals surface area contributed by atoms with Gasteiger partial charge in [-0.25, -0.2) is 0 Å². The summed E-state index contributed by atoms with van der Waals surface area (Å²) in [5.74, 6) is 0.947. The molecule has 0 radical (unpaired) electrons. The molecule has 0 aliphatic carbocycles. The molecule has 2 aromatic carbocycles. The lowest BCUT2D eigenvalue weighted by atomic mass is 10.3. The van der Waals surface area contributed by atoms with E-state index in [1.807, 2.05) is 19.1 Å². The summed E-state index contributed by atoms with van der Waals surface area (Å²) in [6.07, 6.45) is 0.924. The number of halogens is 2. The van der Waals surface area contributed by atoms with E-state index in [0.29, 0.717) is 33.8 Å². The fourth-order valence-corrected chi connectivity index (χ4v) is 2.16. The van der Waals surface area contributed by atoms with Crippen LogP contribution in [0.1, 0.15) is 13.3 Å². The quantitative estimate of drug-likeness (QED) is 0.777. The summed E-state index contributed by atoms with van der Waals surface area (Å²) >= 11 is 11.9. The van der Waals surface area contributed by atoms with Gasteiger partial charge in [0.05, 0.1) is 22.3 Å². The van der Waals surface area contributed by atoms with Crippen molar-refractivity contribution < 1.29 is 14.3 Å². The molecule has 0 unspecified atom stereocenters. The third-order valence-electron chi connectivity index (χ3n) is 2.87. The summed E-state index contributed by atoms with van der Waals surface area (Å²) in [5.41, 5.74) is 0.452. The molecular weight excluding hydrogens is 337 g/mol. The van der Waals surface area contributed by atoms with Gasteiger partial charge in [-0.3, -0.25) is 4.79 Å². The zero-order valence-corrected chi connectivity index (χ0v) is 14.2. The summed E-state index contributed by atoms with van der Waals surface area (Å²) in [7, 11) is 0. The van der Waals surface area contributed by atoms with Gasteiger partial charge in [-0.2, -0.15) is 0 Å². The van der Waals surface area contributed by atoms with Gasteiger partial charge in [0.15, 0.2) is 6.61 Å². The molecule has 0 saturated heterocycles. The topological polar surface area (TPSA) is 47.6 Å². The number of anilines is 1. The highest BCUT2D eigenvalue weighted by Gasteiger charge is 2.09. The molecule has 0 bridgehead atoms. The van der Waals surface area contributed by atoms with Crippen molar-refractivity contribution in [2.24, 2.45) is 0 Å². The molecule has 0 fully saturated rings. The molecule has 6 heteroatoms. The average Bonchev–Trinajstić information content (AvgIpc) is 2.56. The second-order valence-corrected chi connectivity index (χ2v) is 5.55. The monoisotopic (exact) mass is 353 g/mol. The Bertz CT molecular complexity index is 677. The molecule has 0 aliphatic heterocycles. The molecule has 0 atom stereocenters. The molecule has 2 rings (SSSR count). The Balaban J connectivity index is 1.90. The normalized spacial score (nSPS) is 10.2. The highest BCUT2D eigenvalue weighted by atomic mass is 35.5. The van der Waals surface area contributed by atoms with Crippen LogP contribution in [-0.2, 0) is 4.79 Å². The van der Waals surface area contributed by atoms with Crippen LogP contribution in [0.5, 0.6) is 11.5 Å². The third-order valence-corrected chi connectivity index (χ3v) is 3.69. The summed E-state index contributed by atoms with van der Waals surface area (Å²) in [5, 5.41) is 3.34. The van der Waals surface area contributed by atoms with Gasteiger partial charge in [0.25, 0.3) is 5.91 Å². The lowest BCUT2D eigenvalue weighted by molar-refractivity contribution is -0.118. The highest BCUT2D eigenvalue weighted by Crippen LogP contribution is 2.29. The lowest BCUT2D eigenvalue weighted by Gasteiger charge is -2.10. The number of carbonyl (C=O) groups is 1. The second kappa shape index (κ2) is 8.65. The zero-order chi connectivity index (χ0) is 16.7. The Morgan fingerprint density at radius 1 is 1.09 bits per heavy atom. The maximum atomic E-state index is 11.9. The van der Waals surface area contributed by atoms with Crippen molar-refractivity contribution in [1.29, 1.82) is 0 Å². The number of nitrogens with one attached hydrogen (secondary N) is 1. The van der Waals surface area contributed by atoms with Crippen LogP contribution in [0.15, 0.2) is 42.5 Å². The van der Waals surface area contributed by atoms with Crippen LogP contribution in [0, 0.1) is 0 Å². The van der Waals surface area contributed by atoms with Crippen molar-refractivity contribution in [3.8, 4) is 11.5 Å². The molecule has 1 amide bonds. The number of hydrogen-bond acceptors (Lipinski definition) is 3. The highest BCUT2D eigenvalue weighted by molar-refractivity contribution is 6.43. The van der Waals surface area contributed by atoms with Gasteiger partial charge in [0, 0.05) is 6.07 Å². The Morgan fingerprint density at radius 3 is 2.52 bits per heavy atom. The summed E-state index contributed by atoms with van der Waals surface area (Å²) in [6.45, 7) is 2.53. The number of amides is 1. The van der Waals surface area contributed by atoms with E-state index >= 15 is 0 Å². The van der Waals surface area contributed by atoms with Gasteiger partial charge < -0.3 is 14.8 Å². The number of carbonyl (C=O) groups excluding carboxylic acids is 1. The van der Waals surface area contributed by atoms with E-state index in [-0.39, 0.29) is 12.5 Å². The summed E-state index contributed by atoms with van der Waals surface area (Å²) < 4.78 is 11.0. The fourth-order valence-electron chi connectivity index (χ4n) is 1.81. The predicted molar refractivity (Wildman–Crippen MR) is 92.8 cm³/mol. The number of ether oxygens (including phenoxy) is 2. The number of rotatable bonds is 7. The first-order valence-corrected chi connectivity index (χ1v) is 7.95.